The number of ether oxygens (including phenoxy) is 1. The zero-order valence-electron chi connectivity index (χ0n) is 16.9. The van der Waals surface area contributed by atoms with Gasteiger partial charge in [0.2, 0.25) is 0 Å². The zero-order valence-corrected chi connectivity index (χ0v) is 16.9. The van der Waals surface area contributed by atoms with Gasteiger partial charge in [-0.15, -0.1) is 0 Å². The summed E-state index contributed by atoms with van der Waals surface area (Å²) in [7, 11) is 2.00. The number of benzene rings is 2. The number of alkyl halides is 1. The number of aliphatic hydroxyl groups excluding tert-OH is 1. The van der Waals surface area contributed by atoms with Crippen molar-refractivity contribution in [2.75, 3.05) is 26.9 Å². The molecule has 1 N–H and O–H groups in total. The molecule has 1 aromatic heterocycles. The Balaban J connectivity index is 1.59. The molecule has 1 atom stereocenters. The van der Waals surface area contributed by atoms with E-state index in [1.54, 1.807) is 0 Å². The fraction of sp³-hybridized carbons (Fsp3) is 0.391. The summed E-state index contributed by atoms with van der Waals surface area (Å²) in [4.78, 5) is 2.11. The predicted octanol–water partition coefficient (Wildman–Crippen LogP) is 4.10. The van der Waals surface area contributed by atoms with Gasteiger partial charge in [0, 0.05) is 29.7 Å². The standard InChI is InChI=1S/C23H29FN2O2/c1-17-18(2)26(23-7-5-4-6-22(17)23)16-20(27)15-25(3)14-19-8-10-21(11-9-19)28-13-12-24/h4-11,20,27H,12-16H2,1-3H3/t20-/m0/s1. The average molecular weight is 384 g/mol. The van der Waals surface area contributed by atoms with Crippen LogP contribution in [0.3, 0.4) is 0 Å². The van der Waals surface area contributed by atoms with Gasteiger partial charge in [-0.2, -0.15) is 0 Å². The number of aromatic nitrogens is 1. The van der Waals surface area contributed by atoms with Gasteiger partial charge in [0.15, 0.2) is 0 Å². The Morgan fingerprint density at radius 2 is 1.82 bits per heavy atom. The number of hydrogen-bond donors (Lipinski definition) is 1. The van der Waals surface area contributed by atoms with Crippen LogP contribution in [-0.4, -0.2) is 47.6 Å². The van der Waals surface area contributed by atoms with Gasteiger partial charge in [-0.25, -0.2) is 4.39 Å². The summed E-state index contributed by atoms with van der Waals surface area (Å²) in [6.45, 7) is 5.71. The van der Waals surface area contributed by atoms with Crippen molar-refractivity contribution in [2.24, 2.45) is 0 Å². The van der Waals surface area contributed by atoms with E-state index >= 15 is 0 Å². The molecule has 0 unspecified atom stereocenters. The summed E-state index contributed by atoms with van der Waals surface area (Å²) in [6.07, 6.45) is -0.467. The van der Waals surface area contributed by atoms with Crippen LogP contribution in [-0.2, 0) is 13.1 Å². The number of likely N-dealkylation sites (N-methyl/N-ethyl adjacent to an activating group) is 1. The fourth-order valence-corrected chi connectivity index (χ4v) is 3.69. The molecule has 28 heavy (non-hydrogen) atoms. The van der Waals surface area contributed by atoms with Gasteiger partial charge in [-0.05, 0) is 50.2 Å². The Hall–Kier alpha value is -2.37. The minimum Gasteiger partial charge on any atom is -0.491 e. The largest absolute Gasteiger partial charge is 0.491 e. The van der Waals surface area contributed by atoms with Crippen molar-refractivity contribution in [1.29, 1.82) is 0 Å². The maximum absolute atomic E-state index is 12.2. The molecule has 0 bridgehead atoms. The topological polar surface area (TPSA) is 37.6 Å². The van der Waals surface area contributed by atoms with Crippen molar-refractivity contribution in [1.82, 2.24) is 9.47 Å². The molecule has 2 aromatic carbocycles. The van der Waals surface area contributed by atoms with Crippen LogP contribution in [0, 0.1) is 13.8 Å². The molecule has 4 nitrogen and oxygen atoms in total. The van der Waals surface area contributed by atoms with E-state index in [-0.39, 0.29) is 6.61 Å². The number of rotatable bonds is 9. The van der Waals surface area contributed by atoms with Gasteiger partial charge in [-0.3, -0.25) is 4.90 Å². The van der Waals surface area contributed by atoms with Crippen LogP contribution in [0.2, 0.25) is 0 Å². The second-order valence-corrected chi connectivity index (χ2v) is 7.37. The van der Waals surface area contributed by atoms with Gasteiger partial charge in [0.05, 0.1) is 12.6 Å². The van der Waals surface area contributed by atoms with E-state index in [4.69, 9.17) is 4.74 Å². The number of nitrogens with zero attached hydrogens (tertiary/aromatic N) is 2. The highest BCUT2D eigenvalue weighted by molar-refractivity contribution is 5.85. The predicted molar refractivity (Wildman–Crippen MR) is 112 cm³/mol. The highest BCUT2D eigenvalue weighted by Crippen LogP contribution is 2.25. The minimum absolute atomic E-state index is 0.0818. The van der Waals surface area contributed by atoms with E-state index in [1.807, 2.05) is 37.4 Å². The van der Waals surface area contributed by atoms with Crippen molar-refractivity contribution < 1.29 is 14.2 Å². The van der Waals surface area contributed by atoms with Crippen molar-refractivity contribution in [3.05, 3.63) is 65.4 Å². The molecule has 3 rings (SSSR count). The van der Waals surface area contributed by atoms with Crippen LogP contribution in [0.15, 0.2) is 48.5 Å². The minimum atomic E-state index is -0.488. The van der Waals surface area contributed by atoms with E-state index < -0.39 is 12.8 Å². The van der Waals surface area contributed by atoms with Crippen LogP contribution in [0.5, 0.6) is 5.75 Å². The van der Waals surface area contributed by atoms with Gasteiger partial charge in [0.25, 0.3) is 0 Å². The first-order valence-corrected chi connectivity index (χ1v) is 9.68. The zero-order chi connectivity index (χ0) is 20.1. The van der Waals surface area contributed by atoms with Crippen LogP contribution in [0.25, 0.3) is 10.9 Å². The van der Waals surface area contributed by atoms with Crippen molar-refractivity contribution in [3.63, 3.8) is 0 Å². The van der Waals surface area contributed by atoms with Crippen LogP contribution < -0.4 is 4.74 Å². The summed E-state index contributed by atoms with van der Waals surface area (Å²) in [6, 6.07) is 16.0. The molecule has 0 radical (unpaired) electrons. The molecule has 0 aliphatic carbocycles. The second kappa shape index (κ2) is 9.22. The Morgan fingerprint density at radius 3 is 2.54 bits per heavy atom. The normalized spacial score (nSPS) is 12.6. The van der Waals surface area contributed by atoms with E-state index in [0.717, 1.165) is 12.1 Å². The number of aryl methyl sites for hydroxylation is 1. The Labute approximate surface area is 166 Å². The van der Waals surface area contributed by atoms with Crippen LogP contribution >= 0.6 is 0 Å². The molecule has 5 heteroatoms. The lowest BCUT2D eigenvalue weighted by Gasteiger charge is -2.22. The maximum atomic E-state index is 12.2. The summed E-state index contributed by atoms with van der Waals surface area (Å²) in [5, 5.41) is 11.9. The van der Waals surface area contributed by atoms with Crippen molar-refractivity contribution >= 4 is 10.9 Å². The number of hydrogen-bond acceptors (Lipinski definition) is 3. The van der Waals surface area contributed by atoms with Crippen molar-refractivity contribution in [2.45, 2.75) is 33.0 Å². The molecule has 0 aliphatic heterocycles. The summed E-state index contributed by atoms with van der Waals surface area (Å²) in [5.74, 6) is 0.675. The third-order valence-corrected chi connectivity index (χ3v) is 5.18. The maximum Gasteiger partial charge on any atom is 0.123 e. The molecule has 150 valence electrons. The van der Waals surface area contributed by atoms with Crippen LogP contribution in [0.4, 0.5) is 4.39 Å². The Kier molecular flexibility index (Phi) is 6.70. The fourth-order valence-electron chi connectivity index (χ4n) is 3.69. The number of para-hydroxylation sites is 1. The number of halogens is 1. The highest BCUT2D eigenvalue weighted by atomic mass is 19.1. The number of fused-ring (bicyclic) bond motifs is 1. The average Bonchev–Trinajstić information content (AvgIpc) is 2.92. The molecule has 0 saturated heterocycles. The molecular formula is C23H29FN2O2. The summed E-state index contributed by atoms with van der Waals surface area (Å²) in [5.41, 5.74) is 4.77. The number of aliphatic hydroxyl groups is 1. The lowest BCUT2D eigenvalue weighted by Crippen LogP contribution is -2.32. The molecular weight excluding hydrogens is 355 g/mol. The SMILES string of the molecule is Cc1c(C)n(C[C@@H](O)CN(C)Cc2ccc(OCCF)cc2)c2ccccc12. The monoisotopic (exact) mass is 384 g/mol. The molecule has 0 aliphatic rings. The molecule has 1 heterocycles. The van der Waals surface area contributed by atoms with Gasteiger partial charge in [0.1, 0.15) is 19.0 Å². The Bertz CT molecular complexity index is 905. The molecule has 0 saturated carbocycles. The first-order chi connectivity index (χ1) is 13.5. The van der Waals surface area contributed by atoms with Gasteiger partial charge < -0.3 is 14.4 Å². The third-order valence-electron chi connectivity index (χ3n) is 5.18. The van der Waals surface area contributed by atoms with E-state index in [9.17, 15) is 9.50 Å². The van der Waals surface area contributed by atoms with E-state index in [0.29, 0.717) is 18.8 Å². The quantitative estimate of drug-likeness (QED) is 0.604. The highest BCUT2D eigenvalue weighted by Gasteiger charge is 2.15. The molecule has 3 aromatic rings. The third kappa shape index (κ3) is 4.72. The molecule has 0 spiro atoms. The lowest BCUT2D eigenvalue weighted by molar-refractivity contribution is 0.108. The first-order valence-electron chi connectivity index (χ1n) is 9.68. The van der Waals surface area contributed by atoms with Gasteiger partial charge >= 0.3 is 0 Å². The van der Waals surface area contributed by atoms with Crippen LogP contribution in [0.1, 0.15) is 16.8 Å². The van der Waals surface area contributed by atoms with Crippen molar-refractivity contribution in [3.8, 4) is 5.75 Å². The summed E-state index contributed by atoms with van der Waals surface area (Å²) >= 11 is 0. The lowest BCUT2D eigenvalue weighted by atomic mass is 10.2. The second-order valence-electron chi connectivity index (χ2n) is 7.37. The molecule has 0 fully saturated rings. The smallest absolute Gasteiger partial charge is 0.123 e. The van der Waals surface area contributed by atoms with E-state index in [2.05, 4.69) is 41.5 Å². The Morgan fingerprint density at radius 1 is 1.11 bits per heavy atom. The summed E-state index contributed by atoms with van der Waals surface area (Å²) < 4.78 is 19.6. The molecule has 0 amide bonds. The van der Waals surface area contributed by atoms with E-state index in [1.165, 1.54) is 22.2 Å². The first kappa shape index (κ1) is 20.4. The van der Waals surface area contributed by atoms with Gasteiger partial charge in [-0.1, -0.05) is 30.3 Å².